The number of carbonyl (C=O) groups is 4. The molecule has 0 aliphatic heterocycles. The molecule has 0 aliphatic rings. The molecule has 2 aromatic heterocycles. The van der Waals surface area contributed by atoms with Gasteiger partial charge in [0, 0.05) is 23.5 Å². The summed E-state index contributed by atoms with van der Waals surface area (Å²) < 4.78 is 9.94. The Bertz CT molecular complexity index is 1640. The summed E-state index contributed by atoms with van der Waals surface area (Å²) in [7, 11) is 3.69. The number of esters is 2. The van der Waals surface area contributed by atoms with Crippen molar-refractivity contribution in [3.8, 4) is 0 Å². The molecule has 0 aliphatic carbocycles. The number of aromatic nitrogens is 4. The summed E-state index contributed by atoms with van der Waals surface area (Å²) in [6.07, 6.45) is 27.3. The summed E-state index contributed by atoms with van der Waals surface area (Å²) in [5.41, 5.74) is 0.161. The van der Waals surface area contributed by atoms with Crippen LogP contribution in [0, 0.1) is 0 Å². The van der Waals surface area contributed by atoms with Crippen LogP contribution in [0.4, 0.5) is 21.5 Å². The first-order chi connectivity index (χ1) is 29.8. The van der Waals surface area contributed by atoms with E-state index in [4.69, 9.17) is 9.47 Å². The van der Waals surface area contributed by atoms with Crippen LogP contribution in [0.5, 0.6) is 0 Å². The second-order valence-corrected chi connectivity index (χ2v) is 19.1. The Labute approximate surface area is 376 Å². The van der Waals surface area contributed by atoms with Gasteiger partial charge in [-0.05, 0) is 39.5 Å². The number of ether oxygens (including phenoxy) is 2. The molecular formula is C44H74N8O8S2. The van der Waals surface area contributed by atoms with E-state index >= 15 is 0 Å². The van der Waals surface area contributed by atoms with E-state index in [0.717, 1.165) is 52.7 Å². The van der Waals surface area contributed by atoms with Gasteiger partial charge in [0.15, 0.2) is 9.74 Å². The fourth-order valence-electron chi connectivity index (χ4n) is 6.81. The quantitative estimate of drug-likeness (QED) is 0.0170. The van der Waals surface area contributed by atoms with Crippen LogP contribution < -0.4 is 32.4 Å². The molecule has 0 fully saturated rings. The largest absolute Gasteiger partial charge is 0.467 e. The number of unbranched alkanes of at least 4 members (excludes halogenated alkanes) is 20. The minimum absolute atomic E-state index is 0.106. The predicted octanol–water partition coefficient (Wildman–Crippen LogP) is 9.66. The van der Waals surface area contributed by atoms with Crippen molar-refractivity contribution in [3.05, 3.63) is 44.2 Å². The maximum atomic E-state index is 13.2. The van der Waals surface area contributed by atoms with E-state index in [1.54, 1.807) is 0 Å². The third-order valence-electron chi connectivity index (χ3n) is 10.4. The molecule has 18 heteroatoms. The fourth-order valence-corrected chi connectivity index (χ4v) is 9.37. The third-order valence-corrected chi connectivity index (χ3v) is 13.9. The maximum absolute atomic E-state index is 13.2. The molecule has 6 N–H and O–H groups in total. The number of nitrogens with one attached hydrogen (secondary N) is 6. The predicted molar refractivity (Wildman–Crippen MR) is 250 cm³/mol. The molecule has 0 saturated carbocycles. The lowest BCUT2D eigenvalue weighted by molar-refractivity contribution is -0.144. The Kier molecular flexibility index (Phi) is 26.9. The Morgan fingerprint density at radius 2 is 0.823 bits per heavy atom. The van der Waals surface area contributed by atoms with Crippen LogP contribution in [0.1, 0.15) is 180 Å². The number of carbonyl (C=O) groups excluding carboxylic acids is 4. The van der Waals surface area contributed by atoms with Crippen molar-refractivity contribution in [1.82, 2.24) is 30.6 Å². The zero-order valence-corrected chi connectivity index (χ0v) is 39.7. The Morgan fingerprint density at radius 1 is 0.532 bits per heavy atom. The molecule has 2 aromatic rings. The average molecular weight is 907 g/mol. The molecule has 0 aromatic carbocycles. The first kappa shape index (κ1) is 54.1. The number of nitrogens with zero attached hydrogens (tertiary/aromatic N) is 2. The van der Waals surface area contributed by atoms with E-state index in [2.05, 4.69) is 55.1 Å². The SMILES string of the molecule is CCCCCCCCCCCCCc1cc(=O)[nH]c(NC(=O)N[C@@](C)(SS[C@](C)(NC(=O)Nc2nc(CCCCCCCCCCCCC)cc(=O)[nH]2)C(=O)OC)C(=O)OC)n1. The number of hydrogen-bond acceptors (Lipinski definition) is 12. The number of hydrogen-bond donors (Lipinski definition) is 6. The number of anilines is 2. The highest BCUT2D eigenvalue weighted by Gasteiger charge is 2.45. The summed E-state index contributed by atoms with van der Waals surface area (Å²) >= 11 is 0. The molecule has 350 valence electrons. The molecule has 16 nitrogen and oxygen atoms in total. The Hall–Kier alpha value is -4.06. The van der Waals surface area contributed by atoms with Gasteiger partial charge < -0.3 is 20.1 Å². The second-order valence-electron chi connectivity index (χ2n) is 16.1. The first-order valence-electron chi connectivity index (χ1n) is 22.7. The molecule has 0 spiro atoms. The lowest BCUT2D eigenvalue weighted by Gasteiger charge is -2.32. The van der Waals surface area contributed by atoms with E-state index in [1.165, 1.54) is 129 Å². The van der Waals surface area contributed by atoms with Gasteiger partial charge >= 0.3 is 24.0 Å². The number of methoxy groups -OCH3 is 2. The highest BCUT2D eigenvalue weighted by molar-refractivity contribution is 8.78. The first-order valence-corrected chi connectivity index (χ1v) is 24.8. The number of aryl methyl sites for hydroxylation is 2. The summed E-state index contributed by atoms with van der Waals surface area (Å²) in [6, 6.07) is 1.00. The van der Waals surface area contributed by atoms with Crippen molar-refractivity contribution in [2.45, 2.75) is 192 Å². The van der Waals surface area contributed by atoms with Gasteiger partial charge in [-0.3, -0.25) is 30.2 Å². The summed E-state index contributed by atoms with van der Waals surface area (Å²) in [6.45, 7) is 7.14. The number of rotatable bonds is 33. The van der Waals surface area contributed by atoms with Crippen LogP contribution in [-0.4, -0.2) is 67.9 Å². The van der Waals surface area contributed by atoms with Crippen LogP contribution in [0.3, 0.4) is 0 Å². The van der Waals surface area contributed by atoms with Crippen molar-refractivity contribution >= 4 is 57.5 Å². The van der Waals surface area contributed by atoms with Crippen molar-refractivity contribution in [1.29, 1.82) is 0 Å². The van der Waals surface area contributed by atoms with E-state index in [0.29, 0.717) is 45.8 Å². The molecule has 0 radical (unpaired) electrons. The van der Waals surface area contributed by atoms with Crippen LogP contribution in [0.25, 0.3) is 0 Å². The lowest BCUT2D eigenvalue weighted by atomic mass is 10.0. The van der Waals surface area contributed by atoms with Gasteiger partial charge in [-0.25, -0.2) is 29.1 Å². The Balaban J connectivity index is 1.95. The molecule has 4 amide bonds. The van der Waals surface area contributed by atoms with E-state index in [1.807, 2.05) is 0 Å². The minimum Gasteiger partial charge on any atom is -0.467 e. The fraction of sp³-hybridized carbons (Fsp3) is 0.727. The van der Waals surface area contributed by atoms with Crippen molar-refractivity contribution in [2.24, 2.45) is 0 Å². The van der Waals surface area contributed by atoms with Gasteiger partial charge in [0.25, 0.3) is 11.1 Å². The molecule has 0 bridgehead atoms. The standard InChI is InChI=1S/C44H74N8O8S2/c1-7-9-11-13-15-17-19-21-23-25-27-29-33-31-35(53)47-39(45-33)49-41(57)51-43(3,37(55)59-5)61-62-44(4,38(56)60-6)52-42(58)50-40-46-34(32-36(54)48-40)30-28-26-24-22-20-18-16-14-12-10-8-2/h31-32H,7-30H2,1-6H3,(H3,45,47,49,51,53,57)(H3,46,48,50,52,54,58)/t43-,44-/m0/s1. The summed E-state index contributed by atoms with van der Waals surface area (Å²) in [5, 5.41) is 10.0. The number of urea groups is 2. The molecule has 62 heavy (non-hydrogen) atoms. The van der Waals surface area contributed by atoms with Crippen LogP contribution in [-0.2, 0) is 31.9 Å². The van der Waals surface area contributed by atoms with Crippen LogP contribution >= 0.6 is 21.6 Å². The van der Waals surface area contributed by atoms with Crippen molar-refractivity contribution in [2.75, 3.05) is 24.9 Å². The number of amides is 4. The molecule has 0 saturated heterocycles. The monoisotopic (exact) mass is 907 g/mol. The zero-order chi connectivity index (χ0) is 45.6. The van der Waals surface area contributed by atoms with Gasteiger partial charge in [0.05, 0.1) is 14.2 Å². The molecule has 0 unspecified atom stereocenters. The highest BCUT2D eigenvalue weighted by Crippen LogP contribution is 2.43. The van der Waals surface area contributed by atoms with E-state index in [9.17, 15) is 28.8 Å². The summed E-state index contributed by atoms with van der Waals surface area (Å²) in [4.78, 5) is 87.6. The number of aromatic amines is 2. The Morgan fingerprint density at radius 3 is 1.11 bits per heavy atom. The normalized spacial score (nSPS) is 13.1. The molecular weight excluding hydrogens is 833 g/mol. The second kappa shape index (κ2) is 30.9. The minimum atomic E-state index is -1.83. The number of H-pyrrole nitrogens is 2. The van der Waals surface area contributed by atoms with Gasteiger partial charge in [-0.2, -0.15) is 0 Å². The van der Waals surface area contributed by atoms with Gasteiger partial charge in [-0.1, -0.05) is 164 Å². The van der Waals surface area contributed by atoms with Gasteiger partial charge in [-0.15, -0.1) is 0 Å². The molecule has 2 atom stereocenters. The molecule has 2 rings (SSSR count). The maximum Gasteiger partial charge on any atom is 0.342 e. The third kappa shape index (κ3) is 22.3. The lowest BCUT2D eigenvalue weighted by Crippen LogP contribution is -2.54. The smallest absolute Gasteiger partial charge is 0.342 e. The zero-order valence-electron chi connectivity index (χ0n) is 38.1. The van der Waals surface area contributed by atoms with Crippen molar-refractivity contribution in [3.63, 3.8) is 0 Å². The summed E-state index contributed by atoms with van der Waals surface area (Å²) in [5.74, 6) is -1.98. The van der Waals surface area contributed by atoms with E-state index in [-0.39, 0.29) is 11.9 Å². The van der Waals surface area contributed by atoms with Crippen LogP contribution in [0.2, 0.25) is 0 Å². The highest BCUT2D eigenvalue weighted by atomic mass is 33.1. The average Bonchev–Trinajstić information content (AvgIpc) is 3.22. The van der Waals surface area contributed by atoms with Crippen molar-refractivity contribution < 1.29 is 28.7 Å². The van der Waals surface area contributed by atoms with E-state index < -0.39 is 44.9 Å². The topological polar surface area (TPSA) is 226 Å². The molecule has 2 heterocycles. The van der Waals surface area contributed by atoms with Gasteiger partial charge in [0.2, 0.25) is 11.9 Å². The van der Waals surface area contributed by atoms with Gasteiger partial charge in [0.1, 0.15) is 0 Å². The van der Waals surface area contributed by atoms with Crippen LogP contribution in [0.15, 0.2) is 21.7 Å².